The number of hydrogen-bond donors (Lipinski definition) is 1. The maximum Gasteiger partial charge on any atom is 0.276 e. The fourth-order valence-electron chi connectivity index (χ4n) is 2.81. The Kier molecular flexibility index (Phi) is 8.18. The Morgan fingerprint density at radius 1 is 1.38 bits per heavy atom. The van der Waals surface area contributed by atoms with E-state index in [2.05, 4.69) is 15.5 Å². The van der Waals surface area contributed by atoms with Crippen molar-refractivity contribution in [3.8, 4) is 11.3 Å². The van der Waals surface area contributed by atoms with Crippen molar-refractivity contribution in [3.05, 3.63) is 36.3 Å². The highest BCUT2D eigenvalue weighted by atomic mass is 35.5. The first-order chi connectivity index (χ1) is 10.8. The molecule has 24 heavy (non-hydrogen) atoms. The minimum absolute atomic E-state index is 0. The molecule has 0 atom stereocenters. The summed E-state index contributed by atoms with van der Waals surface area (Å²) in [4.78, 5) is 18.4. The zero-order valence-electron chi connectivity index (χ0n) is 13.5. The molecule has 0 saturated carbocycles. The van der Waals surface area contributed by atoms with Gasteiger partial charge in [0.05, 0.1) is 0 Å². The van der Waals surface area contributed by atoms with Gasteiger partial charge in [0.25, 0.3) is 5.91 Å². The van der Waals surface area contributed by atoms with Crippen molar-refractivity contribution >= 4 is 30.7 Å². The lowest BCUT2D eigenvalue weighted by Crippen LogP contribution is -2.40. The highest BCUT2D eigenvalue weighted by Gasteiger charge is 2.25. The second-order valence-corrected chi connectivity index (χ2v) is 5.61. The molecule has 8 heteroatoms. The molecule has 0 radical (unpaired) electrons. The van der Waals surface area contributed by atoms with E-state index >= 15 is 0 Å². The maximum atomic E-state index is 12.5. The molecule has 3 rings (SSSR count). The van der Waals surface area contributed by atoms with Crippen molar-refractivity contribution in [1.29, 1.82) is 0 Å². The van der Waals surface area contributed by atoms with Gasteiger partial charge in [-0.25, -0.2) is 0 Å². The van der Waals surface area contributed by atoms with Gasteiger partial charge < -0.3 is 14.7 Å². The number of rotatable bonds is 4. The Bertz CT molecular complexity index is 628. The van der Waals surface area contributed by atoms with E-state index in [1.54, 1.807) is 18.5 Å². The van der Waals surface area contributed by atoms with Crippen molar-refractivity contribution in [2.75, 3.05) is 26.7 Å². The summed E-state index contributed by atoms with van der Waals surface area (Å²) in [6, 6.07) is 5.40. The molecule has 1 aliphatic rings. The first-order valence-electron chi connectivity index (χ1n) is 7.59. The molecule has 2 aromatic rings. The SMILES string of the molecule is CNCC1CCN(C(=O)c2cc(-c3cccnc3)on2)CC1.Cl.Cl. The van der Waals surface area contributed by atoms with Gasteiger partial charge in [-0.3, -0.25) is 9.78 Å². The maximum absolute atomic E-state index is 12.5. The molecule has 3 heterocycles. The van der Waals surface area contributed by atoms with Gasteiger partial charge in [0.1, 0.15) is 0 Å². The fraction of sp³-hybridized carbons (Fsp3) is 0.438. The summed E-state index contributed by atoms with van der Waals surface area (Å²) in [7, 11) is 1.97. The van der Waals surface area contributed by atoms with Gasteiger partial charge in [0, 0.05) is 37.1 Å². The van der Waals surface area contributed by atoms with E-state index in [-0.39, 0.29) is 30.7 Å². The van der Waals surface area contributed by atoms with Gasteiger partial charge >= 0.3 is 0 Å². The fourth-order valence-corrected chi connectivity index (χ4v) is 2.81. The molecule has 0 spiro atoms. The monoisotopic (exact) mass is 372 g/mol. The molecule has 1 N–H and O–H groups in total. The Balaban J connectivity index is 0.00000144. The smallest absolute Gasteiger partial charge is 0.276 e. The molecule has 0 aromatic carbocycles. The Morgan fingerprint density at radius 2 is 2.12 bits per heavy atom. The number of nitrogens with zero attached hydrogens (tertiary/aromatic N) is 3. The number of halogens is 2. The molecule has 1 saturated heterocycles. The summed E-state index contributed by atoms with van der Waals surface area (Å²) in [5, 5.41) is 7.11. The number of aromatic nitrogens is 2. The number of pyridine rings is 1. The van der Waals surface area contributed by atoms with Crippen LogP contribution in [0, 0.1) is 5.92 Å². The zero-order valence-corrected chi connectivity index (χ0v) is 15.1. The Labute approximate surface area is 153 Å². The number of hydrogen-bond acceptors (Lipinski definition) is 5. The first-order valence-corrected chi connectivity index (χ1v) is 7.59. The molecule has 0 unspecified atom stereocenters. The minimum Gasteiger partial charge on any atom is -0.355 e. The Hall–Kier alpha value is -1.63. The summed E-state index contributed by atoms with van der Waals surface area (Å²) in [6.45, 7) is 2.57. The van der Waals surface area contributed by atoms with Crippen LogP contribution < -0.4 is 5.32 Å². The van der Waals surface area contributed by atoms with E-state index in [0.29, 0.717) is 17.4 Å². The van der Waals surface area contributed by atoms with Crippen LogP contribution in [0.5, 0.6) is 0 Å². The van der Waals surface area contributed by atoms with Crippen LogP contribution >= 0.6 is 24.8 Å². The van der Waals surface area contributed by atoms with E-state index in [1.807, 2.05) is 24.1 Å². The van der Waals surface area contributed by atoms with Crippen molar-refractivity contribution in [2.24, 2.45) is 5.92 Å². The van der Waals surface area contributed by atoms with E-state index in [0.717, 1.165) is 38.0 Å². The van der Waals surface area contributed by atoms with Gasteiger partial charge in [-0.2, -0.15) is 0 Å². The molecule has 1 fully saturated rings. The van der Waals surface area contributed by atoms with E-state index in [9.17, 15) is 4.79 Å². The van der Waals surface area contributed by atoms with Crippen molar-refractivity contribution in [1.82, 2.24) is 20.4 Å². The summed E-state index contributed by atoms with van der Waals surface area (Å²) in [5.74, 6) is 1.17. The van der Waals surface area contributed by atoms with Gasteiger partial charge in [-0.1, -0.05) is 5.16 Å². The molecule has 6 nitrogen and oxygen atoms in total. The van der Waals surface area contributed by atoms with Crippen LogP contribution in [0.2, 0.25) is 0 Å². The molecule has 0 bridgehead atoms. The number of carbonyl (C=O) groups is 1. The van der Waals surface area contributed by atoms with Crippen molar-refractivity contribution < 1.29 is 9.32 Å². The molecular formula is C16H22Cl2N4O2. The van der Waals surface area contributed by atoms with Gasteiger partial charge in [-0.05, 0) is 44.5 Å². The third kappa shape index (κ3) is 4.69. The lowest BCUT2D eigenvalue weighted by atomic mass is 9.96. The summed E-state index contributed by atoms with van der Waals surface area (Å²) in [6.07, 6.45) is 5.44. The van der Waals surface area contributed by atoms with Crippen molar-refractivity contribution in [3.63, 3.8) is 0 Å². The second-order valence-electron chi connectivity index (χ2n) is 5.61. The third-order valence-corrected chi connectivity index (χ3v) is 4.07. The second kappa shape index (κ2) is 9.61. The standard InChI is InChI=1S/C16H20N4O2.2ClH/c1-17-10-12-4-7-20(8-5-12)16(21)14-9-15(22-19-14)13-3-2-6-18-11-13;;/h2-3,6,9,11-12,17H,4-5,7-8,10H2,1H3;2*1H. The number of carbonyl (C=O) groups excluding carboxylic acids is 1. The molecule has 0 aliphatic carbocycles. The van der Waals surface area contributed by atoms with Gasteiger partial charge in [-0.15, -0.1) is 24.8 Å². The highest BCUT2D eigenvalue weighted by Crippen LogP contribution is 2.22. The first kappa shape index (κ1) is 20.4. The zero-order chi connectivity index (χ0) is 15.4. The van der Waals surface area contributed by atoms with E-state index in [4.69, 9.17) is 4.52 Å². The normalized spacial score (nSPS) is 14.6. The van der Waals surface area contributed by atoms with Crippen LogP contribution in [0.15, 0.2) is 35.1 Å². The molecule has 1 amide bonds. The van der Waals surface area contributed by atoms with Crippen LogP contribution in [-0.2, 0) is 0 Å². The number of nitrogens with one attached hydrogen (secondary N) is 1. The average molecular weight is 373 g/mol. The van der Waals surface area contributed by atoms with Gasteiger partial charge in [0.15, 0.2) is 11.5 Å². The van der Waals surface area contributed by atoms with E-state index in [1.165, 1.54) is 0 Å². The molecular weight excluding hydrogens is 351 g/mol. The number of amides is 1. The Morgan fingerprint density at radius 3 is 2.75 bits per heavy atom. The summed E-state index contributed by atoms with van der Waals surface area (Å²) >= 11 is 0. The quantitative estimate of drug-likeness (QED) is 0.892. The number of likely N-dealkylation sites (tertiary alicyclic amines) is 1. The van der Waals surface area contributed by atoms with Crippen LogP contribution in [0.1, 0.15) is 23.3 Å². The predicted molar refractivity (Wildman–Crippen MR) is 96.8 cm³/mol. The topological polar surface area (TPSA) is 71.3 Å². The largest absolute Gasteiger partial charge is 0.355 e. The van der Waals surface area contributed by atoms with Crippen LogP contribution in [0.3, 0.4) is 0 Å². The van der Waals surface area contributed by atoms with Crippen LogP contribution in [0.25, 0.3) is 11.3 Å². The highest BCUT2D eigenvalue weighted by molar-refractivity contribution is 5.93. The molecule has 132 valence electrons. The van der Waals surface area contributed by atoms with E-state index < -0.39 is 0 Å². The third-order valence-electron chi connectivity index (χ3n) is 4.07. The van der Waals surface area contributed by atoms with Gasteiger partial charge in [0.2, 0.25) is 0 Å². The molecule has 1 aliphatic heterocycles. The summed E-state index contributed by atoms with van der Waals surface area (Å²) in [5.41, 5.74) is 1.19. The minimum atomic E-state index is -0.0539. The summed E-state index contributed by atoms with van der Waals surface area (Å²) < 4.78 is 5.27. The van der Waals surface area contributed by atoms with Crippen LogP contribution in [0.4, 0.5) is 0 Å². The van der Waals surface area contributed by atoms with Crippen molar-refractivity contribution in [2.45, 2.75) is 12.8 Å². The number of piperidine rings is 1. The lowest BCUT2D eigenvalue weighted by Gasteiger charge is -2.31. The molecule has 2 aromatic heterocycles. The lowest BCUT2D eigenvalue weighted by molar-refractivity contribution is 0.0680. The average Bonchev–Trinajstić information content (AvgIpc) is 3.06. The predicted octanol–water partition coefficient (Wildman–Crippen LogP) is 2.65. The van der Waals surface area contributed by atoms with Crippen LogP contribution in [-0.4, -0.2) is 47.6 Å².